The molecule has 2 N–H and O–H groups in total. The van der Waals surface area contributed by atoms with Crippen molar-refractivity contribution in [2.45, 2.75) is 44.8 Å². The first-order valence-electron chi connectivity index (χ1n) is 7.01. The number of nitrogens with two attached hydrogens (primary N) is 1. The van der Waals surface area contributed by atoms with Gasteiger partial charge in [0.1, 0.15) is 5.75 Å². The zero-order valence-corrected chi connectivity index (χ0v) is 11.3. The standard InChI is InChI=1S/C16H20N2O/c1-11-10-16(14-4-2-3-5-15(14)18-11)19-13-8-6-12(17)7-9-13/h2-5,10,12-13H,6-9,17H2,1H3. The number of pyridine rings is 1. The maximum absolute atomic E-state index is 6.20. The molecule has 1 aromatic heterocycles. The van der Waals surface area contributed by atoms with Crippen molar-refractivity contribution in [2.24, 2.45) is 5.73 Å². The van der Waals surface area contributed by atoms with E-state index in [0.717, 1.165) is 48.0 Å². The van der Waals surface area contributed by atoms with Crippen LogP contribution in [0.1, 0.15) is 31.4 Å². The van der Waals surface area contributed by atoms with Crippen LogP contribution in [0.2, 0.25) is 0 Å². The van der Waals surface area contributed by atoms with Crippen molar-refractivity contribution in [1.82, 2.24) is 4.98 Å². The van der Waals surface area contributed by atoms with Gasteiger partial charge in [0, 0.05) is 23.2 Å². The highest BCUT2D eigenvalue weighted by molar-refractivity contribution is 5.85. The first-order chi connectivity index (χ1) is 9.22. The van der Waals surface area contributed by atoms with Crippen LogP contribution in [-0.4, -0.2) is 17.1 Å². The second-order valence-electron chi connectivity index (χ2n) is 5.43. The molecule has 1 saturated carbocycles. The Morgan fingerprint density at radius 2 is 1.89 bits per heavy atom. The first kappa shape index (κ1) is 12.4. The highest BCUT2D eigenvalue weighted by Crippen LogP contribution is 2.29. The van der Waals surface area contributed by atoms with Gasteiger partial charge in [0.15, 0.2) is 0 Å². The van der Waals surface area contributed by atoms with Gasteiger partial charge in [0.2, 0.25) is 0 Å². The second kappa shape index (κ2) is 5.17. The molecular formula is C16H20N2O. The number of rotatable bonds is 2. The lowest BCUT2D eigenvalue weighted by molar-refractivity contribution is 0.149. The zero-order chi connectivity index (χ0) is 13.2. The summed E-state index contributed by atoms with van der Waals surface area (Å²) in [6.45, 7) is 2.01. The average Bonchev–Trinajstić information content (AvgIpc) is 2.41. The molecule has 19 heavy (non-hydrogen) atoms. The summed E-state index contributed by atoms with van der Waals surface area (Å²) < 4.78 is 6.20. The molecule has 1 aliphatic rings. The Kier molecular flexibility index (Phi) is 3.38. The first-order valence-corrected chi connectivity index (χ1v) is 7.01. The number of aryl methyl sites for hydroxylation is 1. The Morgan fingerprint density at radius 3 is 2.68 bits per heavy atom. The summed E-state index contributed by atoms with van der Waals surface area (Å²) in [7, 11) is 0. The monoisotopic (exact) mass is 256 g/mol. The van der Waals surface area contributed by atoms with E-state index in [1.807, 2.05) is 31.2 Å². The van der Waals surface area contributed by atoms with Crippen LogP contribution < -0.4 is 10.5 Å². The number of nitrogens with zero attached hydrogens (tertiary/aromatic N) is 1. The molecule has 3 rings (SSSR count). The molecule has 1 fully saturated rings. The van der Waals surface area contributed by atoms with Gasteiger partial charge in [-0.25, -0.2) is 0 Å². The molecule has 0 spiro atoms. The fourth-order valence-corrected chi connectivity index (χ4v) is 2.75. The molecule has 0 radical (unpaired) electrons. The smallest absolute Gasteiger partial charge is 0.130 e. The number of aromatic nitrogens is 1. The second-order valence-corrected chi connectivity index (χ2v) is 5.43. The minimum Gasteiger partial charge on any atom is -0.490 e. The fraction of sp³-hybridized carbons (Fsp3) is 0.438. The van der Waals surface area contributed by atoms with Gasteiger partial charge in [-0.2, -0.15) is 0 Å². The lowest BCUT2D eigenvalue weighted by atomic mass is 9.93. The van der Waals surface area contributed by atoms with E-state index in [-0.39, 0.29) is 0 Å². The third kappa shape index (κ3) is 2.71. The molecule has 1 heterocycles. The summed E-state index contributed by atoms with van der Waals surface area (Å²) in [6, 6.07) is 10.5. The largest absolute Gasteiger partial charge is 0.490 e. The highest BCUT2D eigenvalue weighted by atomic mass is 16.5. The third-order valence-corrected chi connectivity index (χ3v) is 3.82. The Hall–Kier alpha value is -1.61. The Labute approximate surface area is 113 Å². The van der Waals surface area contributed by atoms with Crippen molar-refractivity contribution in [3.8, 4) is 5.75 Å². The molecule has 3 heteroatoms. The molecule has 0 saturated heterocycles. The predicted octanol–water partition coefficient (Wildman–Crippen LogP) is 3.19. The summed E-state index contributed by atoms with van der Waals surface area (Å²) >= 11 is 0. The van der Waals surface area contributed by atoms with Crippen molar-refractivity contribution in [1.29, 1.82) is 0 Å². The molecular weight excluding hydrogens is 236 g/mol. The van der Waals surface area contributed by atoms with Gasteiger partial charge >= 0.3 is 0 Å². The topological polar surface area (TPSA) is 48.1 Å². The van der Waals surface area contributed by atoms with Gasteiger partial charge in [-0.05, 0) is 44.7 Å². The molecule has 0 bridgehead atoms. The number of ether oxygens (including phenoxy) is 1. The number of fused-ring (bicyclic) bond motifs is 1. The van der Waals surface area contributed by atoms with Crippen LogP contribution >= 0.6 is 0 Å². The number of benzene rings is 1. The van der Waals surface area contributed by atoms with E-state index in [1.54, 1.807) is 0 Å². The van der Waals surface area contributed by atoms with E-state index in [0.29, 0.717) is 12.1 Å². The zero-order valence-electron chi connectivity index (χ0n) is 11.3. The van der Waals surface area contributed by atoms with Gasteiger partial charge in [-0.15, -0.1) is 0 Å². The van der Waals surface area contributed by atoms with Gasteiger partial charge < -0.3 is 10.5 Å². The van der Waals surface area contributed by atoms with Gasteiger partial charge in [-0.3, -0.25) is 4.98 Å². The van der Waals surface area contributed by atoms with E-state index >= 15 is 0 Å². The van der Waals surface area contributed by atoms with Crippen LogP contribution in [0.3, 0.4) is 0 Å². The summed E-state index contributed by atoms with van der Waals surface area (Å²) in [4.78, 5) is 4.54. The molecule has 3 nitrogen and oxygen atoms in total. The van der Waals surface area contributed by atoms with E-state index in [9.17, 15) is 0 Å². The Morgan fingerprint density at radius 1 is 1.16 bits per heavy atom. The average molecular weight is 256 g/mol. The quantitative estimate of drug-likeness (QED) is 0.897. The number of hydrogen-bond acceptors (Lipinski definition) is 3. The van der Waals surface area contributed by atoms with Crippen LogP contribution in [0.25, 0.3) is 10.9 Å². The van der Waals surface area contributed by atoms with Crippen molar-refractivity contribution >= 4 is 10.9 Å². The summed E-state index contributed by atoms with van der Waals surface area (Å²) in [5.74, 6) is 0.962. The van der Waals surface area contributed by atoms with Crippen LogP contribution in [0.15, 0.2) is 30.3 Å². The molecule has 1 aromatic carbocycles. The number of para-hydroxylation sites is 1. The molecule has 1 aliphatic carbocycles. The maximum Gasteiger partial charge on any atom is 0.130 e. The van der Waals surface area contributed by atoms with Crippen molar-refractivity contribution in [3.63, 3.8) is 0 Å². The van der Waals surface area contributed by atoms with Gasteiger partial charge in [-0.1, -0.05) is 12.1 Å². The molecule has 0 aliphatic heterocycles. The van der Waals surface area contributed by atoms with Crippen LogP contribution in [0.5, 0.6) is 5.75 Å². The lowest BCUT2D eigenvalue weighted by Gasteiger charge is -2.27. The van der Waals surface area contributed by atoms with Crippen LogP contribution in [0, 0.1) is 6.92 Å². The van der Waals surface area contributed by atoms with E-state index in [1.165, 1.54) is 0 Å². The van der Waals surface area contributed by atoms with E-state index in [2.05, 4.69) is 11.1 Å². The summed E-state index contributed by atoms with van der Waals surface area (Å²) in [6.07, 6.45) is 4.53. The molecule has 0 atom stereocenters. The molecule has 100 valence electrons. The van der Waals surface area contributed by atoms with Crippen LogP contribution in [0.4, 0.5) is 0 Å². The minimum atomic E-state index is 0.296. The summed E-state index contributed by atoms with van der Waals surface area (Å²) in [5.41, 5.74) is 7.95. The summed E-state index contributed by atoms with van der Waals surface area (Å²) in [5, 5.41) is 1.10. The normalized spacial score (nSPS) is 23.5. The maximum atomic E-state index is 6.20. The van der Waals surface area contributed by atoms with Crippen molar-refractivity contribution in [3.05, 3.63) is 36.0 Å². The third-order valence-electron chi connectivity index (χ3n) is 3.82. The SMILES string of the molecule is Cc1cc(OC2CCC(N)CC2)c2ccccc2n1. The molecule has 2 aromatic rings. The Bertz CT molecular complexity index is 574. The van der Waals surface area contributed by atoms with E-state index in [4.69, 9.17) is 10.5 Å². The van der Waals surface area contributed by atoms with Crippen molar-refractivity contribution in [2.75, 3.05) is 0 Å². The van der Waals surface area contributed by atoms with Gasteiger partial charge in [0.25, 0.3) is 0 Å². The van der Waals surface area contributed by atoms with Crippen LogP contribution in [-0.2, 0) is 0 Å². The fourth-order valence-electron chi connectivity index (χ4n) is 2.75. The molecule has 0 unspecified atom stereocenters. The highest BCUT2D eigenvalue weighted by Gasteiger charge is 2.20. The Balaban J connectivity index is 1.88. The van der Waals surface area contributed by atoms with Gasteiger partial charge in [0.05, 0.1) is 11.6 Å². The lowest BCUT2D eigenvalue weighted by Crippen LogP contribution is -2.31. The van der Waals surface area contributed by atoms with Crippen molar-refractivity contribution < 1.29 is 4.74 Å². The number of hydrogen-bond donors (Lipinski definition) is 1. The minimum absolute atomic E-state index is 0.296. The van der Waals surface area contributed by atoms with E-state index < -0.39 is 0 Å². The molecule has 0 amide bonds. The predicted molar refractivity (Wildman–Crippen MR) is 77.3 cm³/mol.